The maximum atomic E-state index is 11.2. The molecule has 5 rings (SSSR count). The van der Waals surface area contributed by atoms with Gasteiger partial charge >= 0.3 is 12.1 Å². The molecule has 2 saturated heterocycles. The van der Waals surface area contributed by atoms with Crippen LogP contribution in [0.1, 0.15) is 31.6 Å². The third kappa shape index (κ3) is 10.3. The van der Waals surface area contributed by atoms with Crippen molar-refractivity contribution in [2.24, 2.45) is 5.92 Å². The van der Waals surface area contributed by atoms with E-state index in [1.807, 2.05) is 42.5 Å². The Balaban J connectivity index is 0.000000196. The average molecular weight is 589 g/mol. The Labute approximate surface area is 244 Å². The number of cyclic esters (lactones) is 1. The number of rotatable bonds is 7. The van der Waals surface area contributed by atoms with Crippen molar-refractivity contribution in [1.82, 2.24) is 20.1 Å². The van der Waals surface area contributed by atoms with Crippen LogP contribution >= 0.6 is 0 Å². The summed E-state index contributed by atoms with van der Waals surface area (Å²) in [5.41, 5.74) is 2.21. The van der Waals surface area contributed by atoms with Crippen LogP contribution in [-0.4, -0.2) is 79.7 Å². The van der Waals surface area contributed by atoms with E-state index in [0.717, 1.165) is 56.1 Å². The van der Waals surface area contributed by atoms with E-state index in [2.05, 4.69) is 47.8 Å². The van der Waals surface area contributed by atoms with Gasteiger partial charge in [-0.15, -0.1) is 0 Å². The fourth-order valence-corrected chi connectivity index (χ4v) is 4.64. The van der Waals surface area contributed by atoms with Crippen LogP contribution in [0.3, 0.4) is 0 Å². The number of nitrogens with one attached hydrogen (secondary N) is 1. The van der Waals surface area contributed by atoms with E-state index in [9.17, 15) is 22.8 Å². The molecule has 1 atom stereocenters. The lowest BCUT2D eigenvalue weighted by atomic mass is 9.98. The highest BCUT2D eigenvalue weighted by molar-refractivity contribution is 5.74. The van der Waals surface area contributed by atoms with E-state index in [1.54, 1.807) is 12.4 Å². The number of halogens is 3. The van der Waals surface area contributed by atoms with Gasteiger partial charge in [-0.3, -0.25) is 19.5 Å². The Kier molecular flexibility index (Phi) is 12.1. The first-order chi connectivity index (χ1) is 20.0. The molecule has 0 unspecified atom stereocenters. The number of esters is 1. The predicted molar refractivity (Wildman–Crippen MR) is 153 cm³/mol. The number of nitrogens with zero attached hydrogens (tertiary/aromatic N) is 3. The summed E-state index contributed by atoms with van der Waals surface area (Å²) >= 11 is 0. The van der Waals surface area contributed by atoms with Gasteiger partial charge in [0.15, 0.2) is 0 Å². The Morgan fingerprint density at radius 1 is 1.00 bits per heavy atom. The highest BCUT2D eigenvalue weighted by Crippen LogP contribution is 2.33. The van der Waals surface area contributed by atoms with Crippen LogP contribution < -0.4 is 5.32 Å². The number of carbonyl (C=O) groups is 2. The quantitative estimate of drug-likeness (QED) is 0.310. The molecule has 3 aromatic rings. The van der Waals surface area contributed by atoms with Crippen LogP contribution in [0, 0.1) is 5.92 Å². The van der Waals surface area contributed by atoms with Gasteiger partial charge in [0.25, 0.3) is 0 Å². The molecule has 11 heteroatoms. The van der Waals surface area contributed by atoms with Crippen LogP contribution in [0.25, 0.3) is 11.3 Å². The van der Waals surface area contributed by atoms with E-state index >= 15 is 0 Å². The van der Waals surface area contributed by atoms with Gasteiger partial charge in [0, 0.05) is 44.1 Å². The van der Waals surface area contributed by atoms with Crippen LogP contribution in [-0.2, 0) is 26.3 Å². The SMILES string of the molecule is CN1CCN(C(C)(C)c2ccc(-c3ccncc3)o2)CC1.O=C1OCC[C@H]1Cc1ccccc1.O=CNCC(F)(F)F. The van der Waals surface area contributed by atoms with Crippen molar-refractivity contribution in [3.8, 4) is 11.3 Å². The molecule has 0 aliphatic carbocycles. The number of pyridine rings is 1. The van der Waals surface area contributed by atoms with Crippen molar-refractivity contribution in [2.45, 2.75) is 38.4 Å². The standard InChI is InChI=1S/C17H23N3O.C11H12O2.C3H4F3NO/c1-17(2,20-12-10-19(3)11-13-20)16-5-4-15(21-16)14-6-8-18-9-7-14;12-11-10(6-7-13-11)8-9-4-2-1-3-5-9;4-3(5,6)1-7-2-8/h4-9H,10-13H2,1-3H3;1-5,10H,6-8H2;2H,1H2,(H,7,8)/t;10-;/m.0./s1. The molecule has 2 aliphatic rings. The zero-order valence-electron chi connectivity index (χ0n) is 24.3. The second-order valence-electron chi connectivity index (χ2n) is 10.7. The number of likely N-dealkylation sites (N-methyl/N-ethyl adjacent to an activating group) is 1. The molecule has 0 spiro atoms. The molecule has 2 aliphatic heterocycles. The molecule has 1 amide bonds. The van der Waals surface area contributed by atoms with Crippen molar-refractivity contribution >= 4 is 12.4 Å². The Morgan fingerprint density at radius 2 is 1.67 bits per heavy atom. The molecule has 42 heavy (non-hydrogen) atoms. The number of amides is 1. The Bertz CT molecular complexity index is 1230. The summed E-state index contributed by atoms with van der Waals surface area (Å²) in [4.78, 5) is 29.3. The van der Waals surface area contributed by atoms with Gasteiger partial charge in [0.2, 0.25) is 6.41 Å². The summed E-state index contributed by atoms with van der Waals surface area (Å²) in [6, 6.07) is 18.2. The van der Waals surface area contributed by atoms with Crippen LogP contribution in [0.2, 0.25) is 0 Å². The first-order valence-corrected chi connectivity index (χ1v) is 13.9. The maximum absolute atomic E-state index is 11.2. The number of piperazine rings is 1. The molecule has 0 saturated carbocycles. The number of aromatic nitrogens is 1. The lowest BCUT2D eigenvalue weighted by molar-refractivity contribution is -0.141. The van der Waals surface area contributed by atoms with Crippen LogP contribution in [0.5, 0.6) is 0 Å². The maximum Gasteiger partial charge on any atom is 0.405 e. The summed E-state index contributed by atoms with van der Waals surface area (Å²) in [5.74, 6) is 1.99. The van der Waals surface area contributed by atoms with Gasteiger partial charge in [0.1, 0.15) is 18.1 Å². The van der Waals surface area contributed by atoms with E-state index < -0.39 is 12.7 Å². The lowest BCUT2D eigenvalue weighted by Crippen LogP contribution is -2.52. The monoisotopic (exact) mass is 588 g/mol. The van der Waals surface area contributed by atoms with Gasteiger partial charge in [0.05, 0.1) is 18.1 Å². The molecule has 1 aromatic carbocycles. The number of carbonyl (C=O) groups excluding carboxylic acids is 2. The fraction of sp³-hybridized carbons (Fsp3) is 0.452. The summed E-state index contributed by atoms with van der Waals surface area (Å²) in [5, 5.41) is 1.48. The Morgan fingerprint density at radius 3 is 2.21 bits per heavy atom. The Hall–Kier alpha value is -3.70. The van der Waals surface area contributed by atoms with Gasteiger partial charge in [-0.05, 0) is 63.6 Å². The van der Waals surface area contributed by atoms with Gasteiger partial charge in [-0.25, -0.2) is 0 Å². The summed E-state index contributed by atoms with van der Waals surface area (Å²) in [7, 11) is 2.18. The normalized spacial score (nSPS) is 17.8. The number of hydrogen-bond donors (Lipinski definition) is 1. The molecular weight excluding hydrogens is 549 g/mol. The molecule has 2 fully saturated rings. The molecular formula is C31H39F3N4O4. The van der Waals surface area contributed by atoms with Crippen LogP contribution in [0.4, 0.5) is 13.2 Å². The summed E-state index contributed by atoms with van der Waals surface area (Å²) in [6.45, 7) is 8.21. The van der Waals surface area contributed by atoms with Crippen molar-refractivity contribution in [3.63, 3.8) is 0 Å². The van der Waals surface area contributed by atoms with Crippen molar-refractivity contribution < 1.29 is 31.9 Å². The van der Waals surface area contributed by atoms with Crippen molar-refractivity contribution in [1.29, 1.82) is 0 Å². The average Bonchev–Trinajstić information content (AvgIpc) is 3.64. The van der Waals surface area contributed by atoms with Gasteiger partial charge in [-0.1, -0.05) is 30.3 Å². The molecule has 2 aromatic heterocycles. The van der Waals surface area contributed by atoms with E-state index in [-0.39, 0.29) is 23.8 Å². The van der Waals surface area contributed by atoms with Gasteiger partial charge < -0.3 is 19.4 Å². The molecule has 1 N–H and O–H groups in total. The minimum atomic E-state index is -4.29. The zero-order chi connectivity index (χ0) is 30.6. The molecule has 228 valence electrons. The van der Waals surface area contributed by atoms with Crippen molar-refractivity contribution in [3.05, 3.63) is 78.3 Å². The predicted octanol–water partition coefficient (Wildman–Crippen LogP) is 4.91. The van der Waals surface area contributed by atoms with E-state index in [0.29, 0.717) is 6.61 Å². The zero-order valence-corrected chi connectivity index (χ0v) is 24.3. The number of alkyl halides is 3. The van der Waals surface area contributed by atoms with Crippen LogP contribution in [0.15, 0.2) is 71.4 Å². The molecule has 8 nitrogen and oxygen atoms in total. The number of hydrogen-bond acceptors (Lipinski definition) is 7. The highest BCUT2D eigenvalue weighted by Gasteiger charge is 2.33. The smallest absolute Gasteiger partial charge is 0.405 e. The van der Waals surface area contributed by atoms with Crippen molar-refractivity contribution in [2.75, 3.05) is 46.4 Å². The second kappa shape index (κ2) is 15.5. The summed E-state index contributed by atoms with van der Waals surface area (Å²) in [6.07, 6.45) is 0.994. The minimum absolute atomic E-state index is 0.00743. The second-order valence-corrected chi connectivity index (χ2v) is 10.7. The first kappa shape index (κ1) is 32.8. The number of ether oxygens (including phenoxy) is 1. The van der Waals surface area contributed by atoms with E-state index in [1.165, 1.54) is 10.9 Å². The van der Waals surface area contributed by atoms with E-state index in [4.69, 9.17) is 9.15 Å². The van der Waals surface area contributed by atoms with Gasteiger partial charge in [-0.2, -0.15) is 13.2 Å². The third-order valence-electron chi connectivity index (χ3n) is 7.22. The number of benzene rings is 1. The number of furan rings is 1. The first-order valence-electron chi connectivity index (χ1n) is 13.9. The molecule has 0 bridgehead atoms. The topological polar surface area (TPSA) is 87.9 Å². The minimum Gasteiger partial charge on any atom is -0.465 e. The third-order valence-corrected chi connectivity index (χ3v) is 7.22. The fourth-order valence-electron chi connectivity index (χ4n) is 4.64. The summed E-state index contributed by atoms with van der Waals surface area (Å²) < 4.78 is 44.1. The molecule has 0 radical (unpaired) electrons. The molecule has 4 heterocycles. The largest absolute Gasteiger partial charge is 0.465 e. The lowest BCUT2D eigenvalue weighted by Gasteiger charge is -2.42. The highest BCUT2D eigenvalue weighted by atomic mass is 19.4.